The Balaban J connectivity index is 1.75. The highest BCUT2D eigenvalue weighted by atomic mass is 16.6. The van der Waals surface area contributed by atoms with Gasteiger partial charge in [0.05, 0.1) is 6.61 Å². The van der Waals surface area contributed by atoms with Gasteiger partial charge in [-0.15, -0.1) is 0 Å². The largest absolute Gasteiger partial charge is 0.508 e. The lowest BCUT2D eigenvalue weighted by Gasteiger charge is -2.31. The minimum atomic E-state index is -0.216. The predicted octanol–water partition coefficient (Wildman–Crippen LogP) is 2.10. The number of hydrogen-bond acceptors (Lipinski definition) is 4. The predicted molar refractivity (Wildman–Crippen MR) is 76.6 cm³/mol. The molecular weight excluding hydrogens is 256 g/mol. The van der Waals surface area contributed by atoms with E-state index in [0.29, 0.717) is 24.9 Å². The van der Waals surface area contributed by atoms with Crippen LogP contribution < -0.4 is 5.32 Å². The summed E-state index contributed by atoms with van der Waals surface area (Å²) in [4.78, 5) is 13.3. The minimum Gasteiger partial charge on any atom is -0.508 e. The van der Waals surface area contributed by atoms with Crippen LogP contribution in [-0.2, 0) is 11.3 Å². The van der Waals surface area contributed by atoms with Crippen molar-refractivity contribution in [1.82, 2.24) is 10.2 Å². The summed E-state index contributed by atoms with van der Waals surface area (Å²) in [7, 11) is 0. The van der Waals surface area contributed by atoms with E-state index < -0.39 is 0 Å². The Morgan fingerprint density at radius 1 is 1.40 bits per heavy atom. The van der Waals surface area contributed by atoms with E-state index in [2.05, 4.69) is 5.32 Å². The molecule has 0 atom stereocenters. The van der Waals surface area contributed by atoms with Gasteiger partial charge in [0.15, 0.2) is 0 Å². The second-order valence-electron chi connectivity index (χ2n) is 4.97. The van der Waals surface area contributed by atoms with Crippen LogP contribution in [0.3, 0.4) is 0 Å². The summed E-state index contributed by atoms with van der Waals surface area (Å²) in [6.07, 6.45) is 1.60. The van der Waals surface area contributed by atoms with Crippen LogP contribution in [0.5, 0.6) is 5.75 Å². The highest BCUT2D eigenvalue weighted by Gasteiger charge is 2.23. The van der Waals surface area contributed by atoms with Gasteiger partial charge < -0.3 is 20.1 Å². The lowest BCUT2D eigenvalue weighted by molar-refractivity contribution is 0.0950. The molecule has 1 amide bonds. The second-order valence-corrected chi connectivity index (χ2v) is 4.97. The number of aromatic hydroxyl groups is 1. The van der Waals surface area contributed by atoms with Crippen molar-refractivity contribution in [3.8, 4) is 5.75 Å². The minimum absolute atomic E-state index is 0.216. The van der Waals surface area contributed by atoms with Crippen LogP contribution in [0.15, 0.2) is 24.3 Å². The van der Waals surface area contributed by atoms with E-state index in [1.54, 1.807) is 11.0 Å². The Morgan fingerprint density at radius 3 is 2.75 bits per heavy atom. The average molecular weight is 278 g/mol. The van der Waals surface area contributed by atoms with Crippen molar-refractivity contribution in [1.29, 1.82) is 0 Å². The molecule has 0 unspecified atom stereocenters. The highest BCUT2D eigenvalue weighted by molar-refractivity contribution is 5.67. The number of likely N-dealkylation sites (tertiary alicyclic amines) is 1. The van der Waals surface area contributed by atoms with Gasteiger partial charge in [0.25, 0.3) is 0 Å². The Kier molecular flexibility index (Phi) is 5.24. The van der Waals surface area contributed by atoms with E-state index >= 15 is 0 Å². The van der Waals surface area contributed by atoms with Gasteiger partial charge in [-0.3, -0.25) is 0 Å². The Hall–Kier alpha value is -1.75. The summed E-state index contributed by atoms with van der Waals surface area (Å²) < 4.78 is 5.00. The third kappa shape index (κ3) is 3.87. The summed E-state index contributed by atoms with van der Waals surface area (Å²) in [5, 5.41) is 13.1. The SMILES string of the molecule is CCOC(=O)N1CCC(NCc2ccccc2O)CC1. The molecule has 0 aliphatic carbocycles. The second kappa shape index (κ2) is 7.14. The number of rotatable bonds is 4. The molecule has 0 saturated carbocycles. The van der Waals surface area contributed by atoms with E-state index in [1.807, 2.05) is 25.1 Å². The third-order valence-electron chi connectivity index (χ3n) is 3.59. The lowest BCUT2D eigenvalue weighted by atomic mass is 10.0. The van der Waals surface area contributed by atoms with Crippen molar-refractivity contribution in [3.05, 3.63) is 29.8 Å². The summed E-state index contributed by atoms with van der Waals surface area (Å²) >= 11 is 0. The molecule has 1 aromatic carbocycles. The number of ether oxygens (including phenoxy) is 1. The van der Waals surface area contributed by atoms with Gasteiger partial charge in [0, 0.05) is 31.2 Å². The van der Waals surface area contributed by atoms with Gasteiger partial charge in [0.1, 0.15) is 5.75 Å². The number of benzene rings is 1. The van der Waals surface area contributed by atoms with Crippen molar-refractivity contribution >= 4 is 6.09 Å². The Morgan fingerprint density at radius 2 is 2.10 bits per heavy atom. The molecule has 5 nitrogen and oxygen atoms in total. The number of phenolic OH excluding ortho intramolecular Hbond substituents is 1. The first-order valence-electron chi connectivity index (χ1n) is 7.12. The molecule has 1 saturated heterocycles. The molecule has 110 valence electrons. The van der Waals surface area contributed by atoms with Crippen LogP contribution in [0.1, 0.15) is 25.3 Å². The smallest absolute Gasteiger partial charge is 0.409 e. The topological polar surface area (TPSA) is 61.8 Å². The number of piperidine rings is 1. The molecule has 0 bridgehead atoms. The first kappa shape index (κ1) is 14.7. The lowest BCUT2D eigenvalue weighted by Crippen LogP contribution is -2.44. The summed E-state index contributed by atoms with van der Waals surface area (Å²) in [6, 6.07) is 7.72. The molecule has 1 aliphatic heterocycles. The van der Waals surface area contributed by atoms with Crippen LogP contribution in [-0.4, -0.2) is 41.8 Å². The number of phenols is 1. The monoisotopic (exact) mass is 278 g/mol. The number of nitrogens with one attached hydrogen (secondary N) is 1. The molecule has 1 aromatic rings. The van der Waals surface area contributed by atoms with Crippen molar-refractivity contribution < 1.29 is 14.6 Å². The number of para-hydroxylation sites is 1. The van der Waals surface area contributed by atoms with Crippen molar-refractivity contribution in [2.75, 3.05) is 19.7 Å². The van der Waals surface area contributed by atoms with E-state index in [1.165, 1.54) is 0 Å². The summed E-state index contributed by atoms with van der Waals surface area (Å²) in [6.45, 7) is 4.33. The van der Waals surface area contributed by atoms with Crippen LogP contribution in [0.25, 0.3) is 0 Å². The van der Waals surface area contributed by atoms with E-state index in [0.717, 1.165) is 31.5 Å². The maximum Gasteiger partial charge on any atom is 0.409 e. The molecule has 2 rings (SSSR count). The zero-order valence-electron chi connectivity index (χ0n) is 11.8. The van der Waals surface area contributed by atoms with E-state index in [9.17, 15) is 9.90 Å². The first-order valence-corrected chi connectivity index (χ1v) is 7.12. The van der Waals surface area contributed by atoms with Crippen LogP contribution >= 0.6 is 0 Å². The van der Waals surface area contributed by atoms with Gasteiger partial charge in [-0.05, 0) is 25.8 Å². The maximum atomic E-state index is 11.6. The molecule has 20 heavy (non-hydrogen) atoms. The van der Waals surface area contributed by atoms with Gasteiger partial charge >= 0.3 is 6.09 Å². The van der Waals surface area contributed by atoms with Crippen molar-refractivity contribution in [3.63, 3.8) is 0 Å². The van der Waals surface area contributed by atoms with Gasteiger partial charge in [0.2, 0.25) is 0 Å². The fourth-order valence-corrected chi connectivity index (χ4v) is 2.40. The van der Waals surface area contributed by atoms with Crippen LogP contribution in [0.4, 0.5) is 4.79 Å². The molecule has 1 heterocycles. The summed E-state index contributed by atoms with van der Waals surface area (Å²) in [5.74, 6) is 0.323. The van der Waals surface area contributed by atoms with Crippen molar-refractivity contribution in [2.24, 2.45) is 0 Å². The number of hydrogen-bond donors (Lipinski definition) is 2. The van der Waals surface area contributed by atoms with Gasteiger partial charge in [-0.1, -0.05) is 18.2 Å². The Bertz CT molecular complexity index is 442. The van der Waals surface area contributed by atoms with Crippen molar-refractivity contribution in [2.45, 2.75) is 32.4 Å². The molecule has 2 N–H and O–H groups in total. The van der Waals surface area contributed by atoms with Crippen LogP contribution in [0.2, 0.25) is 0 Å². The average Bonchev–Trinajstić information content (AvgIpc) is 2.47. The maximum absolute atomic E-state index is 11.6. The number of carbonyl (C=O) groups is 1. The molecule has 1 fully saturated rings. The number of nitrogens with zero attached hydrogens (tertiary/aromatic N) is 1. The zero-order valence-corrected chi connectivity index (χ0v) is 11.8. The summed E-state index contributed by atoms with van der Waals surface area (Å²) in [5.41, 5.74) is 0.903. The van der Waals surface area contributed by atoms with Crippen LogP contribution in [0, 0.1) is 0 Å². The van der Waals surface area contributed by atoms with E-state index in [4.69, 9.17) is 4.74 Å². The molecule has 0 spiro atoms. The fourth-order valence-electron chi connectivity index (χ4n) is 2.40. The molecule has 5 heteroatoms. The quantitative estimate of drug-likeness (QED) is 0.885. The highest BCUT2D eigenvalue weighted by Crippen LogP contribution is 2.17. The standard InChI is InChI=1S/C15H22N2O3/c1-2-20-15(19)17-9-7-13(8-10-17)16-11-12-5-3-4-6-14(12)18/h3-6,13,16,18H,2,7-11H2,1H3. The first-order chi connectivity index (χ1) is 9.70. The van der Waals surface area contributed by atoms with Gasteiger partial charge in [-0.2, -0.15) is 0 Å². The zero-order chi connectivity index (χ0) is 14.4. The molecule has 0 radical (unpaired) electrons. The Labute approximate surface area is 119 Å². The number of amides is 1. The third-order valence-corrected chi connectivity index (χ3v) is 3.59. The molecule has 0 aromatic heterocycles. The van der Waals surface area contributed by atoms with E-state index in [-0.39, 0.29) is 6.09 Å². The normalized spacial score (nSPS) is 16.1. The number of carbonyl (C=O) groups excluding carboxylic acids is 1. The van der Waals surface area contributed by atoms with Gasteiger partial charge in [-0.25, -0.2) is 4.79 Å². The molecule has 1 aliphatic rings. The fraction of sp³-hybridized carbons (Fsp3) is 0.533. The molecular formula is C15H22N2O3.